The smallest absolute Gasteiger partial charge is 0.0675 e. The standard InChI is InChI=1S/C13H17BrN2/c1-4-10(9-15)13(16(2)3)11-5-7-12(14)8-6-11/h5-8,10,13H,4H2,1-3H3. The van der Waals surface area contributed by atoms with Gasteiger partial charge in [0.1, 0.15) is 0 Å². The molecular formula is C13H17BrN2. The van der Waals surface area contributed by atoms with Gasteiger partial charge in [-0.15, -0.1) is 0 Å². The minimum Gasteiger partial charge on any atom is -0.301 e. The first kappa shape index (κ1) is 13.2. The summed E-state index contributed by atoms with van der Waals surface area (Å²) in [6, 6.07) is 10.8. The molecule has 2 nitrogen and oxygen atoms in total. The third-order valence-corrected chi connectivity index (χ3v) is 3.28. The van der Waals surface area contributed by atoms with E-state index in [0.717, 1.165) is 10.9 Å². The lowest BCUT2D eigenvalue weighted by atomic mass is 9.91. The lowest BCUT2D eigenvalue weighted by Crippen LogP contribution is -2.26. The largest absolute Gasteiger partial charge is 0.301 e. The van der Waals surface area contributed by atoms with Crippen LogP contribution in [0.3, 0.4) is 0 Å². The molecule has 0 fully saturated rings. The zero-order valence-electron chi connectivity index (χ0n) is 9.94. The van der Waals surface area contributed by atoms with E-state index in [0.29, 0.717) is 0 Å². The van der Waals surface area contributed by atoms with Gasteiger partial charge < -0.3 is 4.90 Å². The molecule has 0 radical (unpaired) electrons. The van der Waals surface area contributed by atoms with Gasteiger partial charge >= 0.3 is 0 Å². The Balaban J connectivity index is 3.03. The summed E-state index contributed by atoms with van der Waals surface area (Å²) in [4.78, 5) is 2.11. The zero-order chi connectivity index (χ0) is 12.1. The fourth-order valence-corrected chi connectivity index (χ4v) is 2.20. The Hall–Kier alpha value is -0.850. The first-order valence-electron chi connectivity index (χ1n) is 5.41. The van der Waals surface area contributed by atoms with E-state index in [2.05, 4.69) is 46.0 Å². The number of benzene rings is 1. The van der Waals surface area contributed by atoms with Gasteiger partial charge in [0.2, 0.25) is 0 Å². The summed E-state index contributed by atoms with van der Waals surface area (Å²) in [6.45, 7) is 2.06. The van der Waals surface area contributed by atoms with E-state index >= 15 is 0 Å². The Bertz CT molecular complexity index is 365. The van der Waals surface area contributed by atoms with Gasteiger partial charge in [-0.25, -0.2) is 0 Å². The van der Waals surface area contributed by atoms with Crippen LogP contribution in [0.4, 0.5) is 0 Å². The molecule has 0 aromatic heterocycles. The minimum atomic E-state index is 0.0381. The van der Waals surface area contributed by atoms with Gasteiger partial charge in [-0.1, -0.05) is 35.0 Å². The van der Waals surface area contributed by atoms with Crippen molar-refractivity contribution in [2.75, 3.05) is 14.1 Å². The molecule has 1 rings (SSSR count). The van der Waals surface area contributed by atoms with Gasteiger partial charge in [-0.3, -0.25) is 0 Å². The molecule has 0 aliphatic heterocycles. The molecule has 0 saturated heterocycles. The number of hydrogen-bond acceptors (Lipinski definition) is 2. The molecule has 2 unspecified atom stereocenters. The maximum absolute atomic E-state index is 9.18. The van der Waals surface area contributed by atoms with Crippen LogP contribution in [0.5, 0.6) is 0 Å². The second-order valence-corrected chi connectivity index (χ2v) is 5.02. The summed E-state index contributed by atoms with van der Waals surface area (Å²) < 4.78 is 1.07. The van der Waals surface area contributed by atoms with Gasteiger partial charge in [0.25, 0.3) is 0 Å². The molecule has 1 aromatic carbocycles. The lowest BCUT2D eigenvalue weighted by Gasteiger charge is -2.28. The molecule has 1 aromatic rings. The lowest BCUT2D eigenvalue weighted by molar-refractivity contribution is 0.241. The van der Waals surface area contributed by atoms with Crippen molar-refractivity contribution in [3.63, 3.8) is 0 Å². The van der Waals surface area contributed by atoms with Crippen molar-refractivity contribution in [1.82, 2.24) is 4.90 Å². The molecule has 0 aliphatic carbocycles. The minimum absolute atomic E-state index is 0.0381. The van der Waals surface area contributed by atoms with Crippen molar-refractivity contribution in [3.05, 3.63) is 34.3 Å². The van der Waals surface area contributed by atoms with Crippen LogP contribution in [0.1, 0.15) is 24.9 Å². The van der Waals surface area contributed by atoms with Gasteiger partial charge in [0.05, 0.1) is 18.0 Å². The summed E-state index contributed by atoms with van der Waals surface area (Å²) in [6.07, 6.45) is 0.870. The van der Waals surface area contributed by atoms with Gasteiger partial charge in [0, 0.05) is 4.47 Å². The fraction of sp³-hybridized carbons (Fsp3) is 0.462. The Morgan fingerprint density at radius 3 is 2.25 bits per heavy atom. The second-order valence-electron chi connectivity index (χ2n) is 4.10. The van der Waals surface area contributed by atoms with E-state index in [9.17, 15) is 5.26 Å². The highest BCUT2D eigenvalue weighted by molar-refractivity contribution is 9.10. The molecule has 0 aliphatic rings. The normalized spacial score (nSPS) is 14.5. The average molecular weight is 281 g/mol. The van der Waals surface area contributed by atoms with E-state index < -0.39 is 0 Å². The highest BCUT2D eigenvalue weighted by Gasteiger charge is 2.23. The monoisotopic (exact) mass is 280 g/mol. The average Bonchev–Trinajstić information content (AvgIpc) is 2.27. The summed E-state index contributed by atoms with van der Waals surface area (Å²) in [7, 11) is 4.04. The topological polar surface area (TPSA) is 27.0 Å². The van der Waals surface area contributed by atoms with Crippen molar-refractivity contribution < 1.29 is 0 Å². The molecule has 2 atom stereocenters. The molecule has 16 heavy (non-hydrogen) atoms. The maximum atomic E-state index is 9.18. The fourth-order valence-electron chi connectivity index (χ4n) is 1.94. The summed E-state index contributed by atoms with van der Waals surface area (Å²) >= 11 is 3.42. The predicted molar refractivity (Wildman–Crippen MR) is 70.0 cm³/mol. The Kier molecular flexibility index (Phi) is 4.98. The third kappa shape index (κ3) is 3.07. The van der Waals surface area contributed by atoms with Crippen LogP contribution in [0.2, 0.25) is 0 Å². The first-order valence-corrected chi connectivity index (χ1v) is 6.21. The summed E-state index contributed by atoms with van der Waals surface area (Å²) in [5, 5.41) is 9.18. The van der Waals surface area contributed by atoms with Gasteiger partial charge in [-0.2, -0.15) is 5.26 Å². The molecule has 86 valence electrons. The third-order valence-electron chi connectivity index (χ3n) is 2.75. The van der Waals surface area contributed by atoms with Crippen LogP contribution in [0.15, 0.2) is 28.7 Å². The number of halogens is 1. The number of nitriles is 1. The number of rotatable bonds is 4. The second kappa shape index (κ2) is 6.03. The molecule has 0 bridgehead atoms. The molecule has 0 heterocycles. The highest BCUT2D eigenvalue weighted by Crippen LogP contribution is 2.29. The van der Waals surface area contributed by atoms with Crippen LogP contribution in [0.25, 0.3) is 0 Å². The SMILES string of the molecule is CCC(C#N)C(c1ccc(Br)cc1)N(C)C. The van der Waals surface area contributed by atoms with Crippen LogP contribution in [-0.4, -0.2) is 19.0 Å². The molecular weight excluding hydrogens is 264 g/mol. The van der Waals surface area contributed by atoms with E-state index in [1.165, 1.54) is 5.56 Å². The van der Waals surface area contributed by atoms with E-state index in [-0.39, 0.29) is 12.0 Å². The quantitative estimate of drug-likeness (QED) is 0.843. The molecule has 3 heteroatoms. The first-order chi connectivity index (χ1) is 7.60. The molecule has 0 amide bonds. The van der Waals surface area contributed by atoms with Crippen LogP contribution in [-0.2, 0) is 0 Å². The van der Waals surface area contributed by atoms with Crippen LogP contribution >= 0.6 is 15.9 Å². The van der Waals surface area contributed by atoms with Crippen molar-refractivity contribution >= 4 is 15.9 Å². The van der Waals surface area contributed by atoms with Crippen molar-refractivity contribution in [2.24, 2.45) is 5.92 Å². The Labute approximate surface area is 106 Å². The summed E-state index contributed by atoms with van der Waals surface area (Å²) in [5.41, 5.74) is 1.20. The predicted octanol–water partition coefficient (Wildman–Crippen LogP) is 3.60. The highest BCUT2D eigenvalue weighted by atomic mass is 79.9. The van der Waals surface area contributed by atoms with E-state index in [1.807, 2.05) is 26.2 Å². The van der Waals surface area contributed by atoms with E-state index in [4.69, 9.17) is 0 Å². The van der Waals surface area contributed by atoms with Crippen molar-refractivity contribution in [3.8, 4) is 6.07 Å². The Morgan fingerprint density at radius 1 is 1.31 bits per heavy atom. The van der Waals surface area contributed by atoms with Gasteiger partial charge in [-0.05, 0) is 38.2 Å². The Morgan fingerprint density at radius 2 is 1.88 bits per heavy atom. The van der Waals surface area contributed by atoms with Crippen LogP contribution in [0, 0.1) is 17.2 Å². The number of nitrogens with zero attached hydrogens (tertiary/aromatic N) is 2. The maximum Gasteiger partial charge on any atom is 0.0675 e. The zero-order valence-corrected chi connectivity index (χ0v) is 11.5. The molecule has 0 N–H and O–H groups in total. The van der Waals surface area contributed by atoms with Crippen LogP contribution < -0.4 is 0 Å². The summed E-state index contributed by atoms with van der Waals surface area (Å²) in [5.74, 6) is 0.0381. The van der Waals surface area contributed by atoms with E-state index in [1.54, 1.807) is 0 Å². The van der Waals surface area contributed by atoms with Crippen molar-refractivity contribution in [2.45, 2.75) is 19.4 Å². The number of hydrogen-bond donors (Lipinski definition) is 0. The van der Waals surface area contributed by atoms with Gasteiger partial charge in [0.15, 0.2) is 0 Å². The molecule has 0 spiro atoms. The molecule has 0 saturated carbocycles. The van der Waals surface area contributed by atoms with Crippen molar-refractivity contribution in [1.29, 1.82) is 5.26 Å².